The van der Waals surface area contributed by atoms with Crippen molar-refractivity contribution in [3.05, 3.63) is 59.2 Å². The fourth-order valence-electron chi connectivity index (χ4n) is 3.84. The van der Waals surface area contributed by atoms with Gasteiger partial charge in [-0.2, -0.15) is 13.2 Å². The molecule has 0 radical (unpaired) electrons. The second-order valence-corrected chi connectivity index (χ2v) is 6.11. The molecule has 1 heterocycles. The number of hydrogen-bond acceptors (Lipinski definition) is 1. The van der Waals surface area contributed by atoms with Gasteiger partial charge in [0, 0.05) is 6.04 Å². The highest BCUT2D eigenvalue weighted by Gasteiger charge is 2.36. The van der Waals surface area contributed by atoms with Crippen LogP contribution in [0.4, 0.5) is 13.2 Å². The highest BCUT2D eigenvalue weighted by Crippen LogP contribution is 2.48. The maximum atomic E-state index is 12.7. The number of fused-ring (bicyclic) bond motifs is 5. The van der Waals surface area contributed by atoms with Crippen LogP contribution in [0.1, 0.15) is 41.5 Å². The van der Waals surface area contributed by atoms with Crippen LogP contribution < -0.4 is 5.32 Å². The van der Waals surface area contributed by atoms with E-state index in [1.54, 1.807) is 12.1 Å². The van der Waals surface area contributed by atoms with Gasteiger partial charge in [-0.15, -0.1) is 0 Å². The van der Waals surface area contributed by atoms with Gasteiger partial charge >= 0.3 is 6.18 Å². The molecule has 1 N–H and O–H groups in total. The molecule has 0 amide bonds. The first-order valence-corrected chi connectivity index (χ1v) is 7.58. The highest BCUT2D eigenvalue weighted by molar-refractivity contribution is 5.71. The molecule has 1 aliphatic heterocycles. The molecule has 2 bridgehead atoms. The molecule has 0 aromatic heterocycles. The SMILES string of the molecule is FC(F)(F)c1ccc(-c2cccc3c2[C@H]2CC3CCN2)cc1. The van der Waals surface area contributed by atoms with E-state index in [-0.39, 0.29) is 0 Å². The standard InChI is InChI=1S/C18H16F3N/c19-18(20,21)13-6-4-11(5-7-13)14-2-1-3-15-12-8-9-22-16(10-12)17(14)15/h1-7,12,16,22H,8-10H2/t12?,16-/m1/s1. The lowest BCUT2D eigenvalue weighted by Gasteiger charge is -2.21. The second kappa shape index (κ2) is 4.85. The average molecular weight is 303 g/mol. The molecule has 2 aliphatic rings. The first kappa shape index (κ1) is 13.8. The van der Waals surface area contributed by atoms with E-state index >= 15 is 0 Å². The van der Waals surface area contributed by atoms with Crippen LogP contribution in [0.5, 0.6) is 0 Å². The van der Waals surface area contributed by atoms with Crippen LogP contribution in [0.25, 0.3) is 11.1 Å². The molecule has 2 aromatic rings. The summed E-state index contributed by atoms with van der Waals surface area (Å²) in [5.74, 6) is 0.593. The van der Waals surface area contributed by atoms with Gasteiger partial charge in [0.1, 0.15) is 0 Å². The van der Waals surface area contributed by atoms with Crippen molar-refractivity contribution in [2.45, 2.75) is 31.0 Å². The summed E-state index contributed by atoms with van der Waals surface area (Å²) in [4.78, 5) is 0. The Kier molecular flexibility index (Phi) is 3.05. The zero-order valence-electron chi connectivity index (χ0n) is 12.0. The summed E-state index contributed by atoms with van der Waals surface area (Å²) in [6.07, 6.45) is -2.04. The Balaban J connectivity index is 1.79. The number of nitrogens with one attached hydrogen (secondary N) is 1. The molecule has 1 fully saturated rings. The highest BCUT2D eigenvalue weighted by atomic mass is 19.4. The molecule has 22 heavy (non-hydrogen) atoms. The van der Waals surface area contributed by atoms with Gasteiger partial charge in [-0.25, -0.2) is 0 Å². The molecule has 2 aromatic carbocycles. The third-order valence-electron chi connectivity index (χ3n) is 4.86. The number of alkyl halides is 3. The Hall–Kier alpha value is -1.81. The minimum absolute atomic E-state index is 0.340. The van der Waals surface area contributed by atoms with Crippen LogP contribution in [-0.4, -0.2) is 6.54 Å². The maximum absolute atomic E-state index is 12.7. The van der Waals surface area contributed by atoms with Crippen LogP contribution in [0, 0.1) is 0 Å². The van der Waals surface area contributed by atoms with Gasteiger partial charge in [0.2, 0.25) is 0 Å². The Morgan fingerprint density at radius 2 is 1.77 bits per heavy atom. The third-order valence-corrected chi connectivity index (χ3v) is 4.86. The monoisotopic (exact) mass is 303 g/mol. The lowest BCUT2D eigenvalue weighted by atomic mass is 9.93. The summed E-state index contributed by atoms with van der Waals surface area (Å²) >= 11 is 0. The van der Waals surface area contributed by atoms with Crippen molar-refractivity contribution in [3.63, 3.8) is 0 Å². The predicted octanol–water partition coefficient (Wildman–Crippen LogP) is 4.89. The molecule has 4 heteroatoms. The van der Waals surface area contributed by atoms with Gasteiger partial charge in [-0.3, -0.25) is 0 Å². The summed E-state index contributed by atoms with van der Waals surface area (Å²) in [5, 5.41) is 3.53. The first-order chi connectivity index (χ1) is 10.5. The molecule has 1 unspecified atom stereocenters. The number of rotatable bonds is 1. The van der Waals surface area contributed by atoms with Crippen molar-refractivity contribution >= 4 is 0 Å². The fraction of sp³-hybridized carbons (Fsp3) is 0.333. The minimum atomic E-state index is -4.28. The molecule has 4 rings (SSSR count). The van der Waals surface area contributed by atoms with Crippen molar-refractivity contribution in [2.24, 2.45) is 0 Å². The quantitative estimate of drug-likeness (QED) is 0.790. The lowest BCUT2D eigenvalue weighted by Crippen LogP contribution is -2.25. The van der Waals surface area contributed by atoms with E-state index in [0.29, 0.717) is 12.0 Å². The average Bonchev–Trinajstić information content (AvgIpc) is 2.78. The number of halogens is 3. The van der Waals surface area contributed by atoms with E-state index in [9.17, 15) is 13.2 Å². The third kappa shape index (κ3) is 2.13. The molecule has 1 saturated heterocycles. The minimum Gasteiger partial charge on any atom is -0.310 e. The summed E-state index contributed by atoms with van der Waals surface area (Å²) in [6, 6.07) is 12.1. The summed E-state index contributed by atoms with van der Waals surface area (Å²) in [6.45, 7) is 1.01. The Bertz CT molecular complexity index is 703. The van der Waals surface area contributed by atoms with Gasteiger partial charge in [-0.05, 0) is 59.7 Å². The van der Waals surface area contributed by atoms with Gasteiger partial charge in [0.15, 0.2) is 0 Å². The van der Waals surface area contributed by atoms with Crippen LogP contribution in [0.2, 0.25) is 0 Å². The maximum Gasteiger partial charge on any atom is 0.416 e. The Morgan fingerprint density at radius 1 is 1.00 bits per heavy atom. The smallest absolute Gasteiger partial charge is 0.310 e. The van der Waals surface area contributed by atoms with E-state index in [1.807, 2.05) is 12.1 Å². The van der Waals surface area contributed by atoms with Crippen LogP contribution in [0.3, 0.4) is 0 Å². The van der Waals surface area contributed by atoms with Crippen molar-refractivity contribution in [1.82, 2.24) is 5.32 Å². The van der Waals surface area contributed by atoms with Gasteiger partial charge < -0.3 is 5.32 Å². The van der Waals surface area contributed by atoms with E-state index in [4.69, 9.17) is 0 Å². The van der Waals surface area contributed by atoms with Crippen LogP contribution in [0.15, 0.2) is 42.5 Å². The molecule has 2 atom stereocenters. The van der Waals surface area contributed by atoms with E-state index in [2.05, 4.69) is 11.4 Å². The van der Waals surface area contributed by atoms with E-state index < -0.39 is 11.7 Å². The van der Waals surface area contributed by atoms with Gasteiger partial charge in [-0.1, -0.05) is 30.3 Å². The summed E-state index contributed by atoms with van der Waals surface area (Å²) in [7, 11) is 0. The molecule has 0 spiro atoms. The zero-order chi connectivity index (χ0) is 15.3. The number of piperidine rings is 1. The van der Waals surface area contributed by atoms with Gasteiger partial charge in [0.25, 0.3) is 0 Å². The van der Waals surface area contributed by atoms with Crippen molar-refractivity contribution in [2.75, 3.05) is 6.54 Å². The number of benzene rings is 2. The lowest BCUT2D eigenvalue weighted by molar-refractivity contribution is -0.137. The predicted molar refractivity (Wildman–Crippen MR) is 79.6 cm³/mol. The summed E-state index contributed by atoms with van der Waals surface area (Å²) < 4.78 is 38.1. The van der Waals surface area contributed by atoms with Crippen molar-refractivity contribution in [3.8, 4) is 11.1 Å². The largest absolute Gasteiger partial charge is 0.416 e. The molecule has 0 saturated carbocycles. The normalized spacial score (nSPS) is 23.4. The van der Waals surface area contributed by atoms with Crippen molar-refractivity contribution < 1.29 is 13.2 Å². The zero-order valence-corrected chi connectivity index (χ0v) is 12.0. The summed E-state index contributed by atoms with van der Waals surface area (Å²) in [5.41, 5.74) is 3.98. The molecule has 1 aliphatic carbocycles. The molecular formula is C18H16F3N. The Labute approximate surface area is 127 Å². The van der Waals surface area contributed by atoms with Crippen LogP contribution in [-0.2, 0) is 6.18 Å². The molecular weight excluding hydrogens is 287 g/mol. The van der Waals surface area contributed by atoms with E-state index in [0.717, 1.165) is 30.5 Å². The van der Waals surface area contributed by atoms with Crippen molar-refractivity contribution in [1.29, 1.82) is 0 Å². The molecule has 1 nitrogen and oxygen atoms in total. The Morgan fingerprint density at radius 3 is 2.50 bits per heavy atom. The van der Waals surface area contributed by atoms with Crippen LogP contribution >= 0.6 is 0 Å². The second-order valence-electron chi connectivity index (χ2n) is 6.11. The molecule has 114 valence electrons. The first-order valence-electron chi connectivity index (χ1n) is 7.58. The fourth-order valence-corrected chi connectivity index (χ4v) is 3.84. The number of hydrogen-bond donors (Lipinski definition) is 1. The van der Waals surface area contributed by atoms with E-state index in [1.165, 1.54) is 23.3 Å². The topological polar surface area (TPSA) is 12.0 Å². The van der Waals surface area contributed by atoms with Gasteiger partial charge in [0.05, 0.1) is 5.56 Å².